The lowest BCUT2D eigenvalue weighted by molar-refractivity contribution is 0.0691. The second-order valence-corrected chi connectivity index (χ2v) is 1.96. The van der Waals surface area contributed by atoms with E-state index in [1.54, 1.807) is 0 Å². The van der Waals surface area contributed by atoms with Crippen molar-refractivity contribution in [2.75, 3.05) is 0 Å². The number of carbonyl (C=O) groups is 1. The van der Waals surface area contributed by atoms with Gasteiger partial charge in [0.2, 0.25) is 0 Å². The number of aromatic carboxylic acids is 1. The van der Waals surface area contributed by atoms with Crippen LogP contribution in [0.25, 0.3) is 0 Å². The Kier molecular flexibility index (Phi) is 1.45. The molecule has 0 bridgehead atoms. The molecule has 1 heterocycles. The normalized spacial score (nSPS) is 9.80. The number of aromatic nitrogens is 1. The quantitative estimate of drug-likeness (QED) is 0.619. The molecule has 0 fully saturated rings. The molecule has 10 heavy (non-hydrogen) atoms. The van der Waals surface area contributed by atoms with Crippen LogP contribution in [0.4, 0.5) is 4.39 Å². The third kappa shape index (κ3) is 1.00. The Hall–Kier alpha value is -1.32. The Morgan fingerprint density at radius 2 is 2.40 bits per heavy atom. The van der Waals surface area contributed by atoms with Crippen LogP contribution in [-0.2, 0) is 0 Å². The molecule has 1 rings (SSSR count). The minimum Gasteiger partial charge on any atom is -0.477 e. The highest BCUT2D eigenvalue weighted by molar-refractivity contribution is 5.85. The predicted molar refractivity (Wildman–Crippen MR) is 32.4 cm³/mol. The van der Waals surface area contributed by atoms with E-state index < -0.39 is 11.8 Å². The molecule has 0 spiro atoms. The fourth-order valence-electron chi connectivity index (χ4n) is 0.648. The summed E-state index contributed by atoms with van der Waals surface area (Å²) in [6.45, 7) is 1.47. The summed E-state index contributed by atoms with van der Waals surface area (Å²) in [5.41, 5.74) is 0.132. The number of carboxylic acid groups (broad SMARTS) is 1. The first kappa shape index (κ1) is 6.80. The lowest BCUT2D eigenvalue weighted by atomic mass is 10.4. The molecule has 0 aromatic carbocycles. The number of rotatable bonds is 1. The zero-order valence-electron chi connectivity index (χ0n) is 5.31. The zero-order valence-corrected chi connectivity index (χ0v) is 5.31. The molecule has 1 aromatic heterocycles. The van der Waals surface area contributed by atoms with Gasteiger partial charge in [-0.3, -0.25) is 0 Å². The first-order chi connectivity index (χ1) is 4.61. The van der Waals surface area contributed by atoms with Gasteiger partial charge < -0.3 is 10.1 Å². The van der Waals surface area contributed by atoms with Gasteiger partial charge in [0.15, 0.2) is 0 Å². The molecule has 54 valence electrons. The maximum Gasteiger partial charge on any atom is 0.352 e. The molecule has 0 aliphatic carbocycles. The topological polar surface area (TPSA) is 53.1 Å². The van der Waals surface area contributed by atoms with E-state index in [0.717, 1.165) is 6.07 Å². The molecule has 0 atom stereocenters. The molecule has 0 aliphatic rings. The highest BCUT2D eigenvalue weighted by Gasteiger charge is 2.08. The standard InChI is InChI=1S/C6H6FNO2/c1-3-4(7)2-5(8-3)6(9)10/h2,8H,1H3,(H,9,10). The smallest absolute Gasteiger partial charge is 0.352 e. The third-order valence-electron chi connectivity index (χ3n) is 1.18. The van der Waals surface area contributed by atoms with Gasteiger partial charge in [0, 0.05) is 11.8 Å². The van der Waals surface area contributed by atoms with E-state index >= 15 is 0 Å². The molecule has 0 saturated heterocycles. The van der Waals surface area contributed by atoms with Crippen molar-refractivity contribution < 1.29 is 14.3 Å². The van der Waals surface area contributed by atoms with Gasteiger partial charge in [-0.1, -0.05) is 0 Å². The van der Waals surface area contributed by atoms with Crippen molar-refractivity contribution in [3.8, 4) is 0 Å². The molecule has 2 N–H and O–H groups in total. The van der Waals surface area contributed by atoms with E-state index in [-0.39, 0.29) is 11.4 Å². The van der Waals surface area contributed by atoms with Gasteiger partial charge in [0.05, 0.1) is 0 Å². The van der Waals surface area contributed by atoms with Crippen LogP contribution in [0.5, 0.6) is 0 Å². The average Bonchev–Trinajstić information content (AvgIpc) is 2.13. The fraction of sp³-hybridized carbons (Fsp3) is 0.167. The monoisotopic (exact) mass is 143 g/mol. The summed E-state index contributed by atoms with van der Waals surface area (Å²) >= 11 is 0. The summed E-state index contributed by atoms with van der Waals surface area (Å²) in [4.78, 5) is 12.5. The summed E-state index contributed by atoms with van der Waals surface area (Å²) in [5.74, 6) is -1.66. The second kappa shape index (κ2) is 2.13. The van der Waals surface area contributed by atoms with Crippen LogP contribution in [0.1, 0.15) is 16.2 Å². The van der Waals surface area contributed by atoms with E-state index in [0.29, 0.717) is 0 Å². The number of hydrogen-bond acceptors (Lipinski definition) is 1. The molecule has 0 saturated carbocycles. The lowest BCUT2D eigenvalue weighted by Crippen LogP contribution is -1.95. The van der Waals surface area contributed by atoms with Crippen LogP contribution in [0.3, 0.4) is 0 Å². The fourth-order valence-corrected chi connectivity index (χ4v) is 0.648. The van der Waals surface area contributed by atoms with E-state index in [4.69, 9.17) is 5.11 Å². The molecule has 4 heteroatoms. The predicted octanol–water partition coefficient (Wildman–Crippen LogP) is 1.16. The molecule has 0 unspecified atom stereocenters. The van der Waals surface area contributed by atoms with Gasteiger partial charge in [0.1, 0.15) is 11.5 Å². The number of H-pyrrole nitrogens is 1. The Morgan fingerprint density at radius 3 is 2.60 bits per heavy atom. The minimum absolute atomic E-state index is 0.116. The van der Waals surface area contributed by atoms with Crippen molar-refractivity contribution in [3.05, 3.63) is 23.3 Å². The molecule has 0 radical (unpaired) electrons. The van der Waals surface area contributed by atoms with Crippen LogP contribution >= 0.6 is 0 Å². The Labute approximate surface area is 56.5 Å². The molecule has 3 nitrogen and oxygen atoms in total. The Bertz CT molecular complexity index is 247. The lowest BCUT2D eigenvalue weighted by Gasteiger charge is -1.83. The molecular formula is C6H6FNO2. The first-order valence-electron chi connectivity index (χ1n) is 2.69. The maximum atomic E-state index is 12.4. The summed E-state index contributed by atoms with van der Waals surface area (Å²) in [7, 11) is 0. The van der Waals surface area contributed by atoms with E-state index in [1.165, 1.54) is 6.92 Å². The van der Waals surface area contributed by atoms with Crippen molar-refractivity contribution in [1.29, 1.82) is 0 Å². The molecule has 0 amide bonds. The van der Waals surface area contributed by atoms with Crippen molar-refractivity contribution in [3.63, 3.8) is 0 Å². The number of aromatic amines is 1. The average molecular weight is 143 g/mol. The number of carboxylic acids is 1. The van der Waals surface area contributed by atoms with Crippen molar-refractivity contribution in [2.24, 2.45) is 0 Å². The van der Waals surface area contributed by atoms with Crippen LogP contribution in [-0.4, -0.2) is 16.1 Å². The van der Waals surface area contributed by atoms with E-state index in [2.05, 4.69) is 4.98 Å². The number of hydrogen-bond donors (Lipinski definition) is 2. The highest BCUT2D eigenvalue weighted by atomic mass is 19.1. The third-order valence-corrected chi connectivity index (χ3v) is 1.18. The van der Waals surface area contributed by atoms with E-state index in [9.17, 15) is 9.18 Å². The minimum atomic E-state index is -1.15. The van der Waals surface area contributed by atoms with E-state index in [1.807, 2.05) is 0 Å². The van der Waals surface area contributed by atoms with Gasteiger partial charge in [-0.05, 0) is 6.92 Å². The van der Waals surface area contributed by atoms with Crippen molar-refractivity contribution in [1.82, 2.24) is 4.98 Å². The largest absolute Gasteiger partial charge is 0.477 e. The highest BCUT2D eigenvalue weighted by Crippen LogP contribution is 2.06. The Morgan fingerprint density at radius 1 is 1.80 bits per heavy atom. The summed E-state index contributed by atoms with van der Waals surface area (Å²) in [6.07, 6.45) is 0. The van der Waals surface area contributed by atoms with Crippen LogP contribution in [0.2, 0.25) is 0 Å². The SMILES string of the molecule is Cc1[nH]c(C(=O)O)cc1F. The molecular weight excluding hydrogens is 137 g/mol. The number of aryl methyl sites for hydroxylation is 1. The van der Waals surface area contributed by atoms with Gasteiger partial charge in [-0.2, -0.15) is 0 Å². The maximum absolute atomic E-state index is 12.4. The van der Waals surface area contributed by atoms with Crippen LogP contribution < -0.4 is 0 Å². The van der Waals surface area contributed by atoms with Crippen molar-refractivity contribution in [2.45, 2.75) is 6.92 Å². The summed E-state index contributed by atoms with van der Waals surface area (Å²) < 4.78 is 12.4. The first-order valence-corrected chi connectivity index (χ1v) is 2.69. The number of nitrogens with one attached hydrogen (secondary N) is 1. The summed E-state index contributed by atoms with van der Waals surface area (Å²) in [6, 6.07) is 0.956. The van der Waals surface area contributed by atoms with Crippen LogP contribution in [0.15, 0.2) is 6.07 Å². The van der Waals surface area contributed by atoms with Gasteiger partial charge in [-0.15, -0.1) is 0 Å². The summed E-state index contributed by atoms with van der Waals surface area (Å²) in [5, 5.41) is 8.32. The van der Waals surface area contributed by atoms with Crippen molar-refractivity contribution >= 4 is 5.97 Å². The second-order valence-electron chi connectivity index (χ2n) is 1.96. The van der Waals surface area contributed by atoms with Gasteiger partial charge >= 0.3 is 5.97 Å². The van der Waals surface area contributed by atoms with Crippen LogP contribution in [0, 0.1) is 12.7 Å². The number of halogens is 1. The van der Waals surface area contributed by atoms with Gasteiger partial charge in [-0.25, -0.2) is 9.18 Å². The Balaban J connectivity index is 3.10. The molecule has 0 aliphatic heterocycles. The zero-order chi connectivity index (χ0) is 7.72. The van der Waals surface area contributed by atoms with Gasteiger partial charge in [0.25, 0.3) is 0 Å². The molecule has 1 aromatic rings.